The van der Waals surface area contributed by atoms with Crippen LogP contribution >= 0.6 is 0 Å². The first kappa shape index (κ1) is 24.1. The lowest BCUT2D eigenvalue weighted by Gasteiger charge is -2.06. The van der Waals surface area contributed by atoms with Gasteiger partial charge in [-0.3, -0.25) is 0 Å². The quantitative estimate of drug-likeness (QED) is 0.227. The Bertz CT molecular complexity index is 1690. The third-order valence-corrected chi connectivity index (χ3v) is 6.04. The van der Waals surface area contributed by atoms with Crippen LogP contribution in [-0.2, 0) is 0 Å². The van der Waals surface area contributed by atoms with Gasteiger partial charge in [-0.05, 0) is 82.9 Å². The van der Waals surface area contributed by atoms with Crippen LogP contribution in [0, 0.1) is 48.4 Å². The molecule has 0 nitrogen and oxygen atoms in total. The summed E-state index contributed by atoms with van der Waals surface area (Å²) in [5, 5.41) is 0. The largest absolute Gasteiger partial charge is 0.115 e. The molecule has 0 fully saturated rings. The summed E-state index contributed by atoms with van der Waals surface area (Å²) in [6, 6.07) is 40.5. The monoisotopic (exact) mass is 478 g/mol. The second-order valence-corrected chi connectivity index (χ2v) is 8.69. The lowest BCUT2D eigenvalue weighted by atomic mass is 9.98. The van der Waals surface area contributed by atoms with Crippen molar-refractivity contribution in [2.75, 3.05) is 0 Å². The van der Waals surface area contributed by atoms with Gasteiger partial charge in [-0.25, -0.2) is 0 Å². The summed E-state index contributed by atoms with van der Waals surface area (Å²) in [4.78, 5) is 0. The summed E-state index contributed by atoms with van der Waals surface area (Å²) in [5.41, 5.74) is 9.90. The minimum absolute atomic E-state index is 0.832. The van der Waals surface area contributed by atoms with Gasteiger partial charge in [0.25, 0.3) is 0 Å². The Balaban J connectivity index is 1.35. The summed E-state index contributed by atoms with van der Waals surface area (Å²) in [6.45, 7) is 0. The van der Waals surface area contributed by atoms with Crippen LogP contribution in [0.1, 0.15) is 33.4 Å². The molecule has 0 heterocycles. The highest BCUT2D eigenvalue weighted by Gasteiger charge is 2.02. The molecule has 0 N–H and O–H groups in total. The van der Waals surface area contributed by atoms with Gasteiger partial charge in [0.1, 0.15) is 0 Å². The molecule has 0 saturated carbocycles. The van der Waals surface area contributed by atoms with Crippen molar-refractivity contribution in [1.29, 1.82) is 0 Å². The third kappa shape index (κ3) is 5.93. The lowest BCUT2D eigenvalue weighted by molar-refractivity contribution is 1.56. The van der Waals surface area contributed by atoms with Crippen LogP contribution in [0.15, 0.2) is 121 Å². The van der Waals surface area contributed by atoms with Gasteiger partial charge in [-0.15, -0.1) is 12.8 Å². The zero-order valence-electron chi connectivity index (χ0n) is 20.7. The van der Waals surface area contributed by atoms with E-state index in [-0.39, 0.29) is 0 Å². The van der Waals surface area contributed by atoms with E-state index < -0.39 is 0 Å². The van der Waals surface area contributed by atoms with E-state index >= 15 is 0 Å². The lowest BCUT2D eigenvalue weighted by Crippen LogP contribution is -1.84. The van der Waals surface area contributed by atoms with Gasteiger partial charge >= 0.3 is 0 Å². The van der Waals surface area contributed by atoms with E-state index in [4.69, 9.17) is 12.8 Å². The van der Waals surface area contributed by atoms with Crippen LogP contribution in [-0.4, -0.2) is 0 Å². The fourth-order valence-corrected chi connectivity index (χ4v) is 4.07. The molecule has 0 saturated heterocycles. The van der Waals surface area contributed by atoms with Crippen molar-refractivity contribution >= 4 is 0 Å². The number of terminal acetylenes is 2. The van der Waals surface area contributed by atoms with Gasteiger partial charge < -0.3 is 0 Å². The molecule has 0 atom stereocenters. The molecule has 5 rings (SSSR count). The van der Waals surface area contributed by atoms with Crippen LogP contribution in [0.2, 0.25) is 0 Å². The SMILES string of the molecule is C#Cc1cccc(C#Cc2cccc(-c3ccc(-c4cccc(C#Cc5cccc(C#C)c5)c4)cc3)c2)c1. The average molecular weight is 479 g/mol. The number of hydrogen-bond donors (Lipinski definition) is 0. The average Bonchev–Trinajstić information content (AvgIpc) is 2.99. The Hall–Kier alpha value is -5.66. The Kier molecular flexibility index (Phi) is 7.21. The first-order valence-corrected chi connectivity index (χ1v) is 12.2. The number of benzene rings is 5. The Morgan fingerprint density at radius 3 is 1.00 bits per heavy atom. The summed E-state index contributed by atoms with van der Waals surface area (Å²) < 4.78 is 0. The highest BCUT2D eigenvalue weighted by molar-refractivity contribution is 5.72. The second kappa shape index (κ2) is 11.4. The minimum Gasteiger partial charge on any atom is -0.115 e. The van der Waals surface area contributed by atoms with Gasteiger partial charge in [0.2, 0.25) is 0 Å². The van der Waals surface area contributed by atoms with Gasteiger partial charge in [-0.2, -0.15) is 0 Å². The van der Waals surface area contributed by atoms with E-state index in [1.807, 2.05) is 72.8 Å². The molecule has 0 aliphatic rings. The smallest absolute Gasteiger partial charge is 0.0261 e. The molecular weight excluding hydrogens is 456 g/mol. The van der Waals surface area contributed by atoms with E-state index in [2.05, 4.69) is 84.1 Å². The van der Waals surface area contributed by atoms with Crippen molar-refractivity contribution in [2.45, 2.75) is 0 Å². The van der Waals surface area contributed by atoms with E-state index in [9.17, 15) is 0 Å². The van der Waals surface area contributed by atoms with Gasteiger partial charge in [0.15, 0.2) is 0 Å². The number of rotatable bonds is 2. The predicted molar refractivity (Wildman–Crippen MR) is 158 cm³/mol. The normalized spacial score (nSPS) is 9.63. The zero-order valence-corrected chi connectivity index (χ0v) is 20.7. The van der Waals surface area contributed by atoms with Crippen LogP contribution in [0.5, 0.6) is 0 Å². The molecule has 0 aliphatic carbocycles. The van der Waals surface area contributed by atoms with Gasteiger partial charge in [0.05, 0.1) is 0 Å². The fourth-order valence-electron chi connectivity index (χ4n) is 4.07. The molecule has 174 valence electrons. The molecule has 0 aromatic heterocycles. The molecule has 0 spiro atoms. The van der Waals surface area contributed by atoms with Crippen molar-refractivity contribution in [3.63, 3.8) is 0 Å². The molecule has 38 heavy (non-hydrogen) atoms. The molecular formula is C38H22. The maximum Gasteiger partial charge on any atom is 0.0261 e. The van der Waals surface area contributed by atoms with E-state index in [1.54, 1.807) is 0 Å². The van der Waals surface area contributed by atoms with Crippen molar-refractivity contribution < 1.29 is 0 Å². The first-order chi connectivity index (χ1) is 18.7. The molecule has 0 radical (unpaired) electrons. The maximum absolute atomic E-state index is 5.50. The highest BCUT2D eigenvalue weighted by atomic mass is 14.1. The predicted octanol–water partition coefficient (Wildman–Crippen LogP) is 7.78. The maximum atomic E-state index is 5.50. The van der Waals surface area contributed by atoms with Crippen LogP contribution in [0.25, 0.3) is 22.3 Å². The molecule has 0 unspecified atom stereocenters. The third-order valence-electron chi connectivity index (χ3n) is 6.04. The zero-order chi connectivity index (χ0) is 26.2. The van der Waals surface area contributed by atoms with Crippen LogP contribution in [0.3, 0.4) is 0 Å². The van der Waals surface area contributed by atoms with Crippen molar-refractivity contribution in [2.24, 2.45) is 0 Å². The van der Waals surface area contributed by atoms with Gasteiger partial charge in [0, 0.05) is 33.4 Å². The summed E-state index contributed by atoms with van der Waals surface area (Å²) in [7, 11) is 0. The van der Waals surface area contributed by atoms with E-state index in [0.29, 0.717) is 0 Å². The van der Waals surface area contributed by atoms with Crippen molar-refractivity contribution in [3.8, 4) is 70.6 Å². The Morgan fingerprint density at radius 2 is 0.632 bits per heavy atom. The van der Waals surface area contributed by atoms with Crippen LogP contribution < -0.4 is 0 Å². The van der Waals surface area contributed by atoms with Crippen LogP contribution in [0.4, 0.5) is 0 Å². The number of hydrogen-bond acceptors (Lipinski definition) is 0. The molecule has 0 amide bonds. The Morgan fingerprint density at radius 1 is 0.316 bits per heavy atom. The van der Waals surface area contributed by atoms with E-state index in [0.717, 1.165) is 55.6 Å². The molecule has 0 heteroatoms. The second-order valence-electron chi connectivity index (χ2n) is 8.69. The molecule has 5 aromatic carbocycles. The molecule has 0 bridgehead atoms. The Labute approximate surface area is 225 Å². The standard InChI is InChI=1S/C38H22/c1-3-29-9-5-11-31(25-29)17-19-33-13-7-15-37(27-33)35-21-23-36(24-22-35)38-16-8-14-34(28-38)20-18-32-12-6-10-30(4-2)26-32/h1-2,5-16,21-28H. The van der Waals surface area contributed by atoms with Crippen molar-refractivity contribution in [1.82, 2.24) is 0 Å². The topological polar surface area (TPSA) is 0 Å². The minimum atomic E-state index is 0.832. The summed E-state index contributed by atoms with van der Waals surface area (Å²) in [5.74, 6) is 18.2. The van der Waals surface area contributed by atoms with Gasteiger partial charge in [-0.1, -0.05) is 96.2 Å². The fraction of sp³-hybridized carbons (Fsp3) is 0. The summed E-state index contributed by atoms with van der Waals surface area (Å²) in [6.07, 6.45) is 11.0. The van der Waals surface area contributed by atoms with Crippen molar-refractivity contribution in [3.05, 3.63) is 155 Å². The molecule has 0 aliphatic heterocycles. The summed E-state index contributed by atoms with van der Waals surface area (Å²) >= 11 is 0. The molecule has 5 aromatic rings. The highest BCUT2D eigenvalue weighted by Crippen LogP contribution is 2.26. The first-order valence-electron chi connectivity index (χ1n) is 12.2. The van der Waals surface area contributed by atoms with E-state index in [1.165, 1.54) is 0 Å².